The molecule has 2 saturated heterocycles. The first kappa shape index (κ1) is 16.6. The Bertz CT molecular complexity index is 442. The van der Waals surface area contributed by atoms with E-state index in [1.165, 1.54) is 7.11 Å². The van der Waals surface area contributed by atoms with E-state index in [1.54, 1.807) is 8.61 Å². The smallest absolute Gasteiger partial charge is 0.306 e. The first-order valence-corrected chi connectivity index (χ1v) is 8.69. The van der Waals surface area contributed by atoms with E-state index in [9.17, 15) is 13.2 Å². The van der Waals surface area contributed by atoms with E-state index >= 15 is 0 Å². The highest BCUT2D eigenvalue weighted by Crippen LogP contribution is 2.13. The number of nitrogens with zero attached hydrogens (tertiary/aromatic N) is 3. The molecule has 2 heterocycles. The van der Waals surface area contributed by atoms with Crippen molar-refractivity contribution < 1.29 is 17.9 Å². The fourth-order valence-corrected chi connectivity index (χ4v) is 4.17. The molecule has 0 aliphatic carbocycles. The van der Waals surface area contributed by atoms with E-state index in [4.69, 9.17) is 0 Å². The Morgan fingerprint density at radius 1 is 1.05 bits per heavy atom. The molecule has 0 aromatic rings. The Kier molecular flexibility index (Phi) is 5.94. The van der Waals surface area contributed by atoms with Crippen LogP contribution >= 0.6 is 0 Å². The molecule has 0 spiro atoms. The van der Waals surface area contributed by atoms with Gasteiger partial charge in [-0.25, -0.2) is 0 Å². The molecule has 0 unspecified atom stereocenters. The molecule has 0 radical (unpaired) electrons. The maximum absolute atomic E-state index is 12.5. The second-order valence-electron chi connectivity index (χ2n) is 5.22. The van der Waals surface area contributed by atoms with Gasteiger partial charge in [0.05, 0.1) is 13.5 Å². The number of hydrogen-bond donors (Lipinski definition) is 1. The summed E-state index contributed by atoms with van der Waals surface area (Å²) in [6.45, 7) is 5.37. The molecule has 2 rings (SSSR count). The molecule has 2 aliphatic heterocycles. The van der Waals surface area contributed by atoms with Gasteiger partial charge in [-0.15, -0.1) is 0 Å². The lowest BCUT2D eigenvalue weighted by Gasteiger charge is -2.37. The van der Waals surface area contributed by atoms with Crippen LogP contribution in [0.5, 0.6) is 0 Å². The van der Waals surface area contributed by atoms with Crippen LogP contribution in [0.1, 0.15) is 6.42 Å². The maximum Gasteiger partial charge on any atom is 0.306 e. The maximum atomic E-state index is 12.5. The van der Waals surface area contributed by atoms with Gasteiger partial charge in [0.2, 0.25) is 0 Å². The van der Waals surface area contributed by atoms with Crippen LogP contribution in [0, 0.1) is 0 Å². The summed E-state index contributed by atoms with van der Waals surface area (Å²) in [7, 11) is -1.96. The molecule has 122 valence electrons. The summed E-state index contributed by atoms with van der Waals surface area (Å²) in [5.74, 6) is -0.231. The number of rotatable bonds is 5. The van der Waals surface area contributed by atoms with Gasteiger partial charge in [-0.05, 0) is 0 Å². The summed E-state index contributed by atoms with van der Waals surface area (Å²) in [5, 5.41) is 3.15. The van der Waals surface area contributed by atoms with E-state index in [1.807, 2.05) is 0 Å². The highest BCUT2D eigenvalue weighted by Gasteiger charge is 2.32. The summed E-state index contributed by atoms with van der Waals surface area (Å²) in [5.41, 5.74) is 0. The van der Waals surface area contributed by atoms with Crippen molar-refractivity contribution in [3.05, 3.63) is 0 Å². The van der Waals surface area contributed by atoms with Crippen LogP contribution in [0.4, 0.5) is 0 Å². The molecule has 1 N–H and O–H groups in total. The Balaban J connectivity index is 1.81. The van der Waals surface area contributed by atoms with Gasteiger partial charge >= 0.3 is 5.97 Å². The van der Waals surface area contributed by atoms with Crippen LogP contribution in [0.2, 0.25) is 0 Å². The molecule has 0 aromatic heterocycles. The molecule has 0 atom stereocenters. The molecule has 2 aliphatic rings. The number of ether oxygens (including phenoxy) is 1. The Morgan fingerprint density at radius 2 is 1.62 bits per heavy atom. The van der Waals surface area contributed by atoms with Crippen LogP contribution in [0.25, 0.3) is 0 Å². The molecule has 0 aromatic carbocycles. The topological polar surface area (TPSA) is 82.2 Å². The lowest BCUT2D eigenvalue weighted by Crippen LogP contribution is -2.56. The van der Waals surface area contributed by atoms with Crippen LogP contribution in [0.15, 0.2) is 0 Å². The third-order valence-corrected chi connectivity index (χ3v) is 5.96. The van der Waals surface area contributed by atoms with Crippen molar-refractivity contribution in [1.29, 1.82) is 0 Å². The van der Waals surface area contributed by atoms with Gasteiger partial charge in [0.1, 0.15) is 0 Å². The molecule has 0 bridgehead atoms. The first-order valence-electron chi connectivity index (χ1n) is 7.29. The minimum atomic E-state index is -3.34. The van der Waals surface area contributed by atoms with E-state index < -0.39 is 10.2 Å². The fourth-order valence-electron chi connectivity index (χ4n) is 2.57. The lowest BCUT2D eigenvalue weighted by atomic mass is 10.3. The third-order valence-electron chi connectivity index (χ3n) is 3.92. The van der Waals surface area contributed by atoms with Crippen LogP contribution < -0.4 is 5.32 Å². The van der Waals surface area contributed by atoms with Crippen molar-refractivity contribution in [1.82, 2.24) is 18.8 Å². The number of carbonyl (C=O) groups is 1. The second kappa shape index (κ2) is 7.50. The van der Waals surface area contributed by atoms with E-state index in [2.05, 4.69) is 15.0 Å². The van der Waals surface area contributed by atoms with Crippen LogP contribution in [0.3, 0.4) is 0 Å². The van der Waals surface area contributed by atoms with Crippen molar-refractivity contribution in [3.63, 3.8) is 0 Å². The van der Waals surface area contributed by atoms with Crippen LogP contribution in [-0.2, 0) is 19.7 Å². The number of nitrogens with one attached hydrogen (secondary N) is 1. The minimum absolute atomic E-state index is 0.231. The Hall–Kier alpha value is -0.740. The summed E-state index contributed by atoms with van der Waals surface area (Å²) >= 11 is 0. The van der Waals surface area contributed by atoms with Gasteiger partial charge in [-0.1, -0.05) is 0 Å². The fraction of sp³-hybridized carbons (Fsp3) is 0.917. The molecule has 9 heteroatoms. The van der Waals surface area contributed by atoms with Crippen molar-refractivity contribution in [2.24, 2.45) is 0 Å². The predicted octanol–water partition coefficient (Wildman–Crippen LogP) is -1.68. The van der Waals surface area contributed by atoms with Gasteiger partial charge in [-0.2, -0.15) is 17.0 Å². The van der Waals surface area contributed by atoms with Gasteiger partial charge in [0.15, 0.2) is 0 Å². The Morgan fingerprint density at radius 3 is 2.19 bits per heavy atom. The zero-order chi connectivity index (χ0) is 15.3. The molecule has 0 saturated carbocycles. The van der Waals surface area contributed by atoms with E-state index in [0.717, 1.165) is 0 Å². The van der Waals surface area contributed by atoms with Gasteiger partial charge in [0, 0.05) is 58.9 Å². The normalized spacial score (nSPS) is 23.1. The predicted molar refractivity (Wildman–Crippen MR) is 78.0 cm³/mol. The monoisotopic (exact) mass is 320 g/mol. The number of esters is 1. The third kappa shape index (κ3) is 4.36. The van der Waals surface area contributed by atoms with Gasteiger partial charge in [0.25, 0.3) is 10.2 Å². The van der Waals surface area contributed by atoms with Gasteiger partial charge < -0.3 is 15.0 Å². The van der Waals surface area contributed by atoms with E-state index in [-0.39, 0.29) is 5.97 Å². The van der Waals surface area contributed by atoms with Crippen molar-refractivity contribution >= 4 is 16.2 Å². The molecule has 0 amide bonds. The molecular weight excluding hydrogens is 296 g/mol. The molecule has 21 heavy (non-hydrogen) atoms. The highest BCUT2D eigenvalue weighted by molar-refractivity contribution is 7.86. The van der Waals surface area contributed by atoms with Crippen molar-refractivity contribution in [2.45, 2.75) is 6.42 Å². The SMILES string of the molecule is COC(=O)CCN1CCN(S(=O)(=O)N2CCNCC2)CC1. The largest absolute Gasteiger partial charge is 0.469 e. The molecule has 8 nitrogen and oxygen atoms in total. The summed E-state index contributed by atoms with van der Waals surface area (Å²) < 4.78 is 32.7. The van der Waals surface area contributed by atoms with E-state index in [0.29, 0.717) is 65.3 Å². The zero-order valence-corrected chi connectivity index (χ0v) is 13.3. The number of methoxy groups -OCH3 is 1. The second-order valence-corrected chi connectivity index (χ2v) is 7.15. The quantitative estimate of drug-likeness (QED) is 0.609. The average Bonchev–Trinajstić information content (AvgIpc) is 2.53. The van der Waals surface area contributed by atoms with Gasteiger partial charge in [-0.3, -0.25) is 4.79 Å². The summed E-state index contributed by atoms with van der Waals surface area (Å²) in [6.07, 6.45) is 0.348. The summed E-state index contributed by atoms with van der Waals surface area (Å²) in [4.78, 5) is 13.2. The summed E-state index contributed by atoms with van der Waals surface area (Å²) in [6, 6.07) is 0. The number of piperazine rings is 2. The number of hydrogen-bond acceptors (Lipinski definition) is 6. The first-order chi connectivity index (χ1) is 10.0. The lowest BCUT2D eigenvalue weighted by molar-refractivity contribution is -0.141. The van der Waals surface area contributed by atoms with Crippen LogP contribution in [-0.4, -0.2) is 93.9 Å². The molecular formula is C12H24N4O4S. The number of carbonyl (C=O) groups excluding carboxylic acids is 1. The average molecular weight is 320 g/mol. The van der Waals surface area contributed by atoms with Crippen molar-refractivity contribution in [3.8, 4) is 0 Å². The Labute approximate surface area is 126 Å². The molecule has 2 fully saturated rings. The zero-order valence-electron chi connectivity index (χ0n) is 12.5. The highest BCUT2D eigenvalue weighted by atomic mass is 32.2. The standard InChI is InChI=1S/C12H24N4O4S/c1-20-12(17)2-5-14-8-10-16(11-9-14)21(18,19)15-6-3-13-4-7-15/h13H,2-11H2,1H3. The minimum Gasteiger partial charge on any atom is -0.469 e. The van der Waals surface area contributed by atoms with Crippen molar-refractivity contribution in [2.75, 3.05) is 66.0 Å².